The number of hydrogen-bond acceptors (Lipinski definition) is 1. The smallest absolute Gasteiger partial charge is 0.854 e. The molecule has 1 aliphatic rings. The minimum Gasteiger partial charge on any atom is -0.854 e. The van der Waals surface area contributed by atoms with Crippen molar-refractivity contribution < 1.29 is 34.7 Å². The summed E-state index contributed by atoms with van der Waals surface area (Å²) in [6.45, 7) is 0.167. The summed E-state index contributed by atoms with van der Waals surface area (Å²) in [7, 11) is 0. The average Bonchev–Trinajstić information content (AvgIpc) is 2.12. The van der Waals surface area contributed by atoms with Crippen LogP contribution in [0.4, 0.5) is 0 Å². The van der Waals surface area contributed by atoms with E-state index in [9.17, 15) is 5.11 Å². The number of rotatable bonds is 1. The molecule has 1 saturated carbocycles. The summed E-state index contributed by atoms with van der Waals surface area (Å²) in [5, 5.41) is 9.69. The van der Waals surface area contributed by atoms with E-state index in [-0.39, 0.29) is 36.2 Å². The second-order valence-corrected chi connectivity index (χ2v) is 1.61. The third-order valence-electron chi connectivity index (χ3n) is 0.933. The molecular formula is C4H7NaO. The Balaban J connectivity index is 0.000000250. The standard InChI is InChI=1S/C4H7O.Na/c5-3-4-1-2-4;/h4H,1-3H2;/q-1;+1. The molecule has 0 aliphatic heterocycles. The van der Waals surface area contributed by atoms with E-state index in [1.54, 1.807) is 0 Å². The maximum Gasteiger partial charge on any atom is 1.00 e. The van der Waals surface area contributed by atoms with Crippen LogP contribution in [0.15, 0.2) is 0 Å². The van der Waals surface area contributed by atoms with Crippen molar-refractivity contribution in [3.63, 3.8) is 0 Å². The summed E-state index contributed by atoms with van der Waals surface area (Å²) in [5.41, 5.74) is 0. The van der Waals surface area contributed by atoms with Crippen molar-refractivity contribution in [2.45, 2.75) is 12.8 Å². The molecule has 2 heteroatoms. The van der Waals surface area contributed by atoms with Crippen LogP contribution in [0.5, 0.6) is 0 Å². The second-order valence-electron chi connectivity index (χ2n) is 1.61. The molecule has 0 spiro atoms. The molecule has 0 saturated heterocycles. The Morgan fingerprint density at radius 3 is 2.00 bits per heavy atom. The van der Waals surface area contributed by atoms with Gasteiger partial charge >= 0.3 is 29.6 Å². The van der Waals surface area contributed by atoms with E-state index < -0.39 is 0 Å². The predicted octanol–water partition coefficient (Wildman–Crippen LogP) is -3.24. The molecule has 1 fully saturated rings. The molecule has 0 aromatic rings. The zero-order chi connectivity index (χ0) is 3.70. The van der Waals surface area contributed by atoms with Crippen LogP contribution < -0.4 is 34.7 Å². The van der Waals surface area contributed by atoms with E-state index in [0.717, 1.165) is 0 Å². The van der Waals surface area contributed by atoms with Gasteiger partial charge in [0, 0.05) is 0 Å². The molecule has 0 N–H and O–H groups in total. The normalized spacial score (nSPS) is 19.5. The first-order chi connectivity index (χ1) is 2.43. The molecule has 0 aromatic carbocycles. The molecule has 0 unspecified atom stereocenters. The Morgan fingerprint density at radius 2 is 2.00 bits per heavy atom. The van der Waals surface area contributed by atoms with Gasteiger partial charge in [-0.3, -0.25) is 0 Å². The summed E-state index contributed by atoms with van der Waals surface area (Å²) in [6, 6.07) is 0. The van der Waals surface area contributed by atoms with Crippen LogP contribution in [0.2, 0.25) is 0 Å². The molecule has 1 nitrogen and oxygen atoms in total. The van der Waals surface area contributed by atoms with Gasteiger partial charge in [0.15, 0.2) is 0 Å². The summed E-state index contributed by atoms with van der Waals surface area (Å²) in [6.07, 6.45) is 2.40. The van der Waals surface area contributed by atoms with E-state index in [0.29, 0.717) is 5.92 Å². The molecule has 0 bridgehead atoms. The molecule has 0 amide bonds. The van der Waals surface area contributed by atoms with Gasteiger partial charge in [-0.05, 0) is 0 Å². The van der Waals surface area contributed by atoms with E-state index in [1.807, 2.05) is 0 Å². The van der Waals surface area contributed by atoms with Gasteiger partial charge in [0.25, 0.3) is 0 Å². The van der Waals surface area contributed by atoms with Crippen molar-refractivity contribution in [3.05, 3.63) is 0 Å². The van der Waals surface area contributed by atoms with Crippen molar-refractivity contribution in [1.82, 2.24) is 0 Å². The average molecular weight is 94.1 g/mol. The molecule has 0 aromatic heterocycles. The fourth-order valence-corrected chi connectivity index (χ4v) is 0.285. The molecule has 0 radical (unpaired) electrons. The van der Waals surface area contributed by atoms with E-state index in [1.165, 1.54) is 12.8 Å². The van der Waals surface area contributed by atoms with Gasteiger partial charge in [0.2, 0.25) is 0 Å². The van der Waals surface area contributed by atoms with Crippen LogP contribution >= 0.6 is 0 Å². The van der Waals surface area contributed by atoms with E-state index >= 15 is 0 Å². The van der Waals surface area contributed by atoms with Crippen molar-refractivity contribution in [1.29, 1.82) is 0 Å². The minimum atomic E-state index is 0. The first-order valence-electron chi connectivity index (χ1n) is 2.01. The molecule has 6 heavy (non-hydrogen) atoms. The van der Waals surface area contributed by atoms with Crippen molar-refractivity contribution in [2.75, 3.05) is 6.61 Å². The third-order valence-corrected chi connectivity index (χ3v) is 0.933. The Hall–Kier alpha value is 0.960. The molecule has 0 atom stereocenters. The monoisotopic (exact) mass is 94.0 g/mol. The van der Waals surface area contributed by atoms with E-state index in [4.69, 9.17) is 0 Å². The van der Waals surface area contributed by atoms with Crippen molar-refractivity contribution in [2.24, 2.45) is 5.92 Å². The van der Waals surface area contributed by atoms with Crippen LogP contribution in [0, 0.1) is 5.92 Å². The van der Waals surface area contributed by atoms with Crippen LogP contribution in [0.1, 0.15) is 12.8 Å². The predicted molar refractivity (Wildman–Crippen MR) is 17.6 cm³/mol. The summed E-state index contributed by atoms with van der Waals surface area (Å²) >= 11 is 0. The number of hydrogen-bond donors (Lipinski definition) is 0. The maximum atomic E-state index is 9.69. The summed E-state index contributed by atoms with van der Waals surface area (Å²) in [5.74, 6) is 0.579. The Labute approximate surface area is 60.0 Å². The van der Waals surface area contributed by atoms with Gasteiger partial charge in [0.1, 0.15) is 0 Å². The van der Waals surface area contributed by atoms with Crippen LogP contribution in [-0.4, -0.2) is 6.61 Å². The molecule has 1 rings (SSSR count). The fourth-order valence-electron chi connectivity index (χ4n) is 0.285. The van der Waals surface area contributed by atoms with Gasteiger partial charge < -0.3 is 5.11 Å². The largest absolute Gasteiger partial charge is 1.00 e. The third kappa shape index (κ3) is 2.19. The molecule has 30 valence electrons. The zero-order valence-electron chi connectivity index (χ0n) is 4.11. The van der Waals surface area contributed by atoms with Gasteiger partial charge in [-0.1, -0.05) is 18.8 Å². The Bertz CT molecular complexity index is 34.5. The molecule has 1 aliphatic carbocycles. The SMILES string of the molecule is [Na+].[O-]CC1CC1. The Kier molecular flexibility index (Phi) is 3.51. The molecular weight excluding hydrogens is 87.0 g/mol. The van der Waals surface area contributed by atoms with Crippen molar-refractivity contribution in [3.8, 4) is 0 Å². The topological polar surface area (TPSA) is 23.1 Å². The maximum absolute atomic E-state index is 9.69. The zero-order valence-corrected chi connectivity index (χ0v) is 6.11. The second kappa shape index (κ2) is 3.03. The van der Waals surface area contributed by atoms with Gasteiger partial charge in [-0.2, -0.15) is 0 Å². The van der Waals surface area contributed by atoms with Crippen molar-refractivity contribution >= 4 is 0 Å². The minimum absolute atomic E-state index is 0. The quantitative estimate of drug-likeness (QED) is 0.313. The van der Waals surface area contributed by atoms with E-state index in [2.05, 4.69) is 0 Å². The van der Waals surface area contributed by atoms with Gasteiger partial charge in [-0.15, -0.1) is 6.61 Å². The van der Waals surface area contributed by atoms with Crippen LogP contribution in [0.3, 0.4) is 0 Å². The fraction of sp³-hybridized carbons (Fsp3) is 1.00. The first-order valence-corrected chi connectivity index (χ1v) is 2.01. The first kappa shape index (κ1) is 6.96. The molecule has 0 heterocycles. The van der Waals surface area contributed by atoms with Crippen LogP contribution in [0.25, 0.3) is 0 Å². The van der Waals surface area contributed by atoms with Crippen LogP contribution in [-0.2, 0) is 0 Å². The summed E-state index contributed by atoms with van der Waals surface area (Å²) < 4.78 is 0. The Morgan fingerprint density at radius 1 is 1.50 bits per heavy atom. The summed E-state index contributed by atoms with van der Waals surface area (Å²) in [4.78, 5) is 0. The van der Waals surface area contributed by atoms with Gasteiger partial charge in [-0.25, -0.2) is 0 Å². The van der Waals surface area contributed by atoms with Gasteiger partial charge in [0.05, 0.1) is 0 Å².